The maximum absolute atomic E-state index is 13.4. The molecule has 162 valence electrons. The molecule has 0 saturated carbocycles. The van der Waals surface area contributed by atoms with Crippen molar-refractivity contribution in [2.45, 2.75) is 31.6 Å². The van der Waals surface area contributed by atoms with Gasteiger partial charge in [-0.1, -0.05) is 18.2 Å². The Labute approximate surface area is 185 Å². The van der Waals surface area contributed by atoms with Crippen LogP contribution in [-0.4, -0.2) is 37.2 Å². The molecule has 0 saturated heterocycles. The Morgan fingerprint density at radius 1 is 1.19 bits per heavy atom. The minimum Gasteiger partial charge on any atom is -0.508 e. The number of benzene rings is 1. The van der Waals surface area contributed by atoms with Crippen LogP contribution in [0.1, 0.15) is 42.0 Å². The number of ether oxygens (including phenoxy) is 2. The topological polar surface area (TPSA) is 84.9 Å². The van der Waals surface area contributed by atoms with E-state index in [1.165, 1.54) is 4.88 Å². The van der Waals surface area contributed by atoms with Gasteiger partial charge in [-0.05, 0) is 42.5 Å². The van der Waals surface area contributed by atoms with Gasteiger partial charge in [-0.3, -0.25) is 4.79 Å². The number of methoxy groups -OCH3 is 1. The molecular weight excluding hydrogens is 414 g/mol. The summed E-state index contributed by atoms with van der Waals surface area (Å²) in [6.07, 6.45) is 1.11. The SMILES string of the molecule is COCCOC(=O)C1=C(C)NC2=C(C(=O)C[C@H](c3cccs3)C2)[C@H]1c1ccc(O)cc1. The highest BCUT2D eigenvalue weighted by atomic mass is 32.1. The van der Waals surface area contributed by atoms with Crippen LogP contribution < -0.4 is 5.32 Å². The van der Waals surface area contributed by atoms with E-state index in [0.29, 0.717) is 36.3 Å². The molecule has 1 aromatic carbocycles. The third-order valence-electron chi connectivity index (χ3n) is 5.74. The summed E-state index contributed by atoms with van der Waals surface area (Å²) >= 11 is 1.66. The Kier molecular flexibility index (Phi) is 6.25. The molecule has 2 aliphatic rings. The zero-order valence-corrected chi connectivity index (χ0v) is 18.3. The zero-order valence-electron chi connectivity index (χ0n) is 17.5. The zero-order chi connectivity index (χ0) is 22.0. The number of aromatic hydroxyl groups is 1. The molecule has 2 aromatic rings. The standard InChI is InChI=1S/C24H25NO5S/c1-14-21(24(28)30-10-9-29-2)22(15-5-7-17(26)8-6-15)23-18(25-14)12-16(13-19(23)27)20-4-3-11-31-20/h3-8,11,16,22,25-26H,9-10,12-13H2,1-2H3/t16-,22+/m1/s1. The molecule has 1 aromatic heterocycles. The second-order valence-electron chi connectivity index (χ2n) is 7.75. The van der Waals surface area contributed by atoms with Crippen molar-refractivity contribution in [1.82, 2.24) is 5.32 Å². The van der Waals surface area contributed by atoms with Crippen LogP contribution in [0.2, 0.25) is 0 Å². The predicted molar refractivity (Wildman–Crippen MR) is 118 cm³/mol. The molecule has 6 nitrogen and oxygen atoms in total. The van der Waals surface area contributed by atoms with Crippen molar-refractivity contribution < 1.29 is 24.2 Å². The fourth-order valence-electron chi connectivity index (χ4n) is 4.33. The van der Waals surface area contributed by atoms with Gasteiger partial charge in [0.2, 0.25) is 0 Å². The van der Waals surface area contributed by atoms with Crippen molar-refractivity contribution >= 4 is 23.1 Å². The number of dihydropyridines is 1. The third kappa shape index (κ3) is 4.29. The normalized spacial score (nSPS) is 21.0. The maximum atomic E-state index is 13.4. The fraction of sp³-hybridized carbons (Fsp3) is 0.333. The molecular formula is C24H25NO5S. The summed E-state index contributed by atoms with van der Waals surface area (Å²) in [6.45, 7) is 2.27. The van der Waals surface area contributed by atoms with E-state index in [0.717, 1.165) is 11.3 Å². The Morgan fingerprint density at radius 3 is 2.65 bits per heavy atom. The molecule has 31 heavy (non-hydrogen) atoms. The predicted octanol–water partition coefficient (Wildman–Crippen LogP) is 4.00. The van der Waals surface area contributed by atoms with E-state index >= 15 is 0 Å². The van der Waals surface area contributed by atoms with Gasteiger partial charge in [0.25, 0.3) is 0 Å². The van der Waals surface area contributed by atoms with Crippen molar-refractivity contribution in [3.8, 4) is 5.75 Å². The molecule has 1 aliphatic carbocycles. The molecule has 0 bridgehead atoms. The van der Waals surface area contributed by atoms with Crippen molar-refractivity contribution in [3.05, 3.63) is 74.8 Å². The molecule has 2 atom stereocenters. The first-order valence-electron chi connectivity index (χ1n) is 10.2. The third-order valence-corrected chi connectivity index (χ3v) is 6.77. The Morgan fingerprint density at radius 2 is 1.97 bits per heavy atom. The summed E-state index contributed by atoms with van der Waals surface area (Å²) in [4.78, 5) is 27.6. The van der Waals surface area contributed by atoms with Crippen LogP contribution in [0.25, 0.3) is 0 Å². The molecule has 0 unspecified atom stereocenters. The van der Waals surface area contributed by atoms with Crippen LogP contribution >= 0.6 is 11.3 Å². The van der Waals surface area contributed by atoms with E-state index in [2.05, 4.69) is 11.4 Å². The quantitative estimate of drug-likeness (QED) is 0.523. The summed E-state index contributed by atoms with van der Waals surface area (Å²) in [5.41, 5.74) is 3.34. The lowest BCUT2D eigenvalue weighted by molar-refractivity contribution is -0.140. The van der Waals surface area contributed by atoms with Gasteiger partial charge >= 0.3 is 5.97 Å². The number of nitrogens with one attached hydrogen (secondary N) is 1. The second kappa shape index (κ2) is 9.08. The minimum absolute atomic E-state index is 0.0277. The summed E-state index contributed by atoms with van der Waals surface area (Å²) in [7, 11) is 1.54. The van der Waals surface area contributed by atoms with E-state index in [1.807, 2.05) is 18.4 Å². The number of ketones is 1. The number of esters is 1. The molecule has 0 amide bonds. The van der Waals surface area contributed by atoms with E-state index in [-0.39, 0.29) is 24.1 Å². The molecule has 2 N–H and O–H groups in total. The summed E-state index contributed by atoms with van der Waals surface area (Å²) in [5.74, 6) is -0.727. The minimum atomic E-state index is -0.538. The molecule has 2 heterocycles. The lowest BCUT2D eigenvalue weighted by atomic mass is 9.72. The van der Waals surface area contributed by atoms with Crippen molar-refractivity contribution in [2.24, 2.45) is 0 Å². The lowest BCUT2D eigenvalue weighted by Gasteiger charge is -2.36. The number of carbonyl (C=O) groups is 2. The Bertz CT molecular complexity index is 1040. The number of allylic oxidation sites excluding steroid dienone is 3. The summed E-state index contributed by atoms with van der Waals surface area (Å²) in [5, 5.41) is 15.1. The van der Waals surface area contributed by atoms with Gasteiger partial charge in [-0.2, -0.15) is 0 Å². The smallest absolute Gasteiger partial charge is 0.336 e. The molecule has 7 heteroatoms. The summed E-state index contributed by atoms with van der Waals surface area (Å²) < 4.78 is 10.4. The highest BCUT2D eigenvalue weighted by Gasteiger charge is 2.41. The van der Waals surface area contributed by atoms with Gasteiger partial charge < -0.3 is 19.9 Å². The second-order valence-corrected chi connectivity index (χ2v) is 8.73. The van der Waals surface area contributed by atoms with E-state index in [1.54, 1.807) is 42.7 Å². The molecule has 0 radical (unpaired) electrons. The maximum Gasteiger partial charge on any atom is 0.336 e. The monoisotopic (exact) mass is 439 g/mol. The first-order chi connectivity index (χ1) is 15.0. The number of carbonyl (C=O) groups excluding carboxylic acids is 2. The van der Waals surface area contributed by atoms with Gasteiger partial charge in [0.05, 0.1) is 12.2 Å². The molecule has 1 aliphatic heterocycles. The average molecular weight is 440 g/mol. The van der Waals surface area contributed by atoms with Crippen LogP contribution in [0.15, 0.2) is 64.3 Å². The number of hydrogen-bond acceptors (Lipinski definition) is 7. The van der Waals surface area contributed by atoms with Crippen molar-refractivity contribution in [2.75, 3.05) is 20.3 Å². The van der Waals surface area contributed by atoms with Gasteiger partial charge in [-0.25, -0.2) is 4.79 Å². The molecule has 4 rings (SSSR count). The highest BCUT2D eigenvalue weighted by molar-refractivity contribution is 7.10. The Balaban J connectivity index is 1.74. The Hall–Kier alpha value is -2.90. The van der Waals surface area contributed by atoms with E-state index in [4.69, 9.17) is 9.47 Å². The number of thiophene rings is 1. The first-order valence-corrected chi connectivity index (χ1v) is 11.1. The number of phenolic OH excluding ortho intramolecular Hbond substituents is 1. The number of hydrogen-bond donors (Lipinski definition) is 2. The van der Waals surface area contributed by atoms with Crippen molar-refractivity contribution in [3.63, 3.8) is 0 Å². The molecule has 0 fully saturated rings. The van der Waals surface area contributed by atoms with Crippen LogP contribution in [-0.2, 0) is 19.1 Å². The summed E-state index contributed by atoms with van der Waals surface area (Å²) in [6, 6.07) is 10.7. The van der Waals surface area contributed by atoms with E-state index in [9.17, 15) is 14.7 Å². The average Bonchev–Trinajstić information content (AvgIpc) is 3.28. The largest absolute Gasteiger partial charge is 0.508 e. The van der Waals surface area contributed by atoms with Crippen LogP contribution in [0.4, 0.5) is 0 Å². The number of rotatable bonds is 6. The van der Waals surface area contributed by atoms with Gasteiger partial charge in [0.1, 0.15) is 12.4 Å². The number of phenols is 1. The highest BCUT2D eigenvalue weighted by Crippen LogP contribution is 2.46. The van der Waals surface area contributed by atoms with Crippen LogP contribution in [0.3, 0.4) is 0 Å². The van der Waals surface area contributed by atoms with Crippen LogP contribution in [0.5, 0.6) is 5.75 Å². The van der Waals surface area contributed by atoms with Crippen LogP contribution in [0, 0.1) is 0 Å². The first kappa shape index (κ1) is 21.3. The lowest BCUT2D eigenvalue weighted by Crippen LogP contribution is -2.36. The number of Topliss-reactive ketones (excluding diaryl/α,β-unsaturated/α-hetero) is 1. The van der Waals surface area contributed by atoms with Crippen molar-refractivity contribution in [1.29, 1.82) is 0 Å². The van der Waals surface area contributed by atoms with Gasteiger partial charge in [0.15, 0.2) is 5.78 Å². The van der Waals surface area contributed by atoms with Gasteiger partial charge in [0, 0.05) is 47.2 Å². The molecule has 0 spiro atoms. The fourth-order valence-corrected chi connectivity index (χ4v) is 5.16. The van der Waals surface area contributed by atoms with E-state index < -0.39 is 11.9 Å². The van der Waals surface area contributed by atoms with Gasteiger partial charge in [-0.15, -0.1) is 11.3 Å².